The van der Waals surface area contributed by atoms with Gasteiger partial charge < -0.3 is 10.3 Å². The summed E-state index contributed by atoms with van der Waals surface area (Å²) >= 11 is 0. The van der Waals surface area contributed by atoms with Gasteiger partial charge in [-0.2, -0.15) is 0 Å². The maximum absolute atomic E-state index is 12.9. The molecule has 1 heterocycles. The SMILES string of the molecule is Cc1cc(F)ccc1Cn1cc(N)ccc1=O. The first kappa shape index (κ1) is 11.4. The van der Waals surface area contributed by atoms with Gasteiger partial charge in [0.15, 0.2) is 0 Å². The van der Waals surface area contributed by atoms with Crippen molar-refractivity contribution in [2.45, 2.75) is 13.5 Å². The van der Waals surface area contributed by atoms with E-state index >= 15 is 0 Å². The molecule has 3 nitrogen and oxygen atoms in total. The van der Waals surface area contributed by atoms with Crippen LogP contribution < -0.4 is 11.3 Å². The molecule has 0 saturated carbocycles. The number of hydrogen-bond donors (Lipinski definition) is 1. The molecule has 0 aliphatic rings. The van der Waals surface area contributed by atoms with E-state index < -0.39 is 0 Å². The summed E-state index contributed by atoms with van der Waals surface area (Å²) in [7, 11) is 0. The lowest BCUT2D eigenvalue weighted by atomic mass is 10.1. The number of benzene rings is 1. The second kappa shape index (κ2) is 4.41. The number of aryl methyl sites for hydroxylation is 1. The Balaban J connectivity index is 2.38. The third-order valence-corrected chi connectivity index (χ3v) is 2.65. The number of rotatable bonds is 2. The van der Waals surface area contributed by atoms with E-state index in [0.29, 0.717) is 12.2 Å². The van der Waals surface area contributed by atoms with E-state index in [1.165, 1.54) is 22.8 Å². The summed E-state index contributed by atoms with van der Waals surface area (Å²) in [5, 5.41) is 0. The number of nitrogens with two attached hydrogens (primary N) is 1. The van der Waals surface area contributed by atoms with Crippen molar-refractivity contribution in [1.29, 1.82) is 0 Å². The predicted molar refractivity (Wildman–Crippen MR) is 65.4 cm³/mol. The molecule has 1 aromatic carbocycles. The summed E-state index contributed by atoms with van der Waals surface area (Å²) in [5.74, 6) is -0.272. The van der Waals surface area contributed by atoms with Gasteiger partial charge in [0.1, 0.15) is 5.82 Å². The largest absolute Gasteiger partial charge is 0.398 e. The molecular weight excluding hydrogens is 219 g/mol. The molecule has 88 valence electrons. The van der Waals surface area contributed by atoms with Crippen LogP contribution >= 0.6 is 0 Å². The van der Waals surface area contributed by atoms with Crippen LogP contribution in [0, 0.1) is 12.7 Å². The molecule has 0 spiro atoms. The molecule has 0 fully saturated rings. The highest BCUT2D eigenvalue weighted by molar-refractivity contribution is 5.34. The maximum atomic E-state index is 12.9. The number of pyridine rings is 1. The minimum Gasteiger partial charge on any atom is -0.398 e. The molecule has 17 heavy (non-hydrogen) atoms. The lowest BCUT2D eigenvalue weighted by Gasteiger charge is -2.09. The van der Waals surface area contributed by atoms with Crippen LogP contribution in [0.25, 0.3) is 0 Å². The summed E-state index contributed by atoms with van der Waals surface area (Å²) in [4.78, 5) is 11.6. The molecule has 2 rings (SSSR count). The fourth-order valence-corrected chi connectivity index (χ4v) is 1.69. The first-order chi connectivity index (χ1) is 8.06. The Labute approximate surface area is 98.3 Å². The van der Waals surface area contributed by atoms with Gasteiger partial charge in [-0.3, -0.25) is 4.79 Å². The van der Waals surface area contributed by atoms with Crippen molar-refractivity contribution in [3.05, 3.63) is 63.8 Å². The minimum absolute atomic E-state index is 0.122. The zero-order chi connectivity index (χ0) is 12.4. The highest BCUT2D eigenvalue weighted by atomic mass is 19.1. The Bertz CT molecular complexity index is 605. The van der Waals surface area contributed by atoms with Crippen LogP contribution in [0.2, 0.25) is 0 Å². The van der Waals surface area contributed by atoms with Gasteiger partial charge in [0, 0.05) is 18.0 Å². The van der Waals surface area contributed by atoms with Crippen LogP contribution in [0.4, 0.5) is 10.1 Å². The normalized spacial score (nSPS) is 10.5. The van der Waals surface area contributed by atoms with Crippen LogP contribution in [0.15, 0.2) is 41.3 Å². The van der Waals surface area contributed by atoms with Crippen molar-refractivity contribution < 1.29 is 4.39 Å². The highest BCUT2D eigenvalue weighted by Gasteiger charge is 2.03. The lowest BCUT2D eigenvalue weighted by molar-refractivity contribution is 0.624. The van der Waals surface area contributed by atoms with Crippen molar-refractivity contribution in [3.8, 4) is 0 Å². The quantitative estimate of drug-likeness (QED) is 0.860. The molecule has 0 bridgehead atoms. The number of anilines is 1. The molecule has 2 aromatic rings. The van der Waals surface area contributed by atoms with Gasteiger partial charge in [0.05, 0.1) is 6.54 Å². The fourth-order valence-electron chi connectivity index (χ4n) is 1.69. The molecule has 0 unspecified atom stereocenters. The van der Waals surface area contributed by atoms with Crippen molar-refractivity contribution in [2.24, 2.45) is 0 Å². The first-order valence-corrected chi connectivity index (χ1v) is 5.27. The summed E-state index contributed by atoms with van der Waals surface area (Å²) in [6, 6.07) is 7.51. The molecular formula is C13H13FN2O. The Morgan fingerprint density at radius 2 is 2.06 bits per heavy atom. The van der Waals surface area contributed by atoms with Gasteiger partial charge in [-0.1, -0.05) is 6.07 Å². The first-order valence-electron chi connectivity index (χ1n) is 5.27. The molecule has 0 amide bonds. The summed E-state index contributed by atoms with van der Waals surface area (Å²) in [6.07, 6.45) is 1.59. The van der Waals surface area contributed by atoms with E-state index in [1.54, 1.807) is 18.3 Å². The van der Waals surface area contributed by atoms with Gasteiger partial charge >= 0.3 is 0 Å². The number of nitrogen functional groups attached to an aromatic ring is 1. The Morgan fingerprint density at radius 1 is 1.29 bits per heavy atom. The van der Waals surface area contributed by atoms with E-state index in [4.69, 9.17) is 5.73 Å². The monoisotopic (exact) mass is 232 g/mol. The second-order valence-electron chi connectivity index (χ2n) is 4.00. The van der Waals surface area contributed by atoms with Crippen LogP contribution in [0.3, 0.4) is 0 Å². The third kappa shape index (κ3) is 2.53. The third-order valence-electron chi connectivity index (χ3n) is 2.65. The average Bonchev–Trinajstić information content (AvgIpc) is 2.27. The van der Waals surface area contributed by atoms with Gasteiger partial charge in [0.25, 0.3) is 5.56 Å². The van der Waals surface area contributed by atoms with E-state index in [9.17, 15) is 9.18 Å². The standard InChI is InChI=1S/C13H13FN2O/c1-9-6-11(14)3-2-10(9)7-16-8-12(15)4-5-13(16)17/h2-6,8H,7,15H2,1H3. The van der Waals surface area contributed by atoms with E-state index in [0.717, 1.165) is 11.1 Å². The lowest BCUT2D eigenvalue weighted by Crippen LogP contribution is -2.19. The molecule has 4 heteroatoms. The zero-order valence-corrected chi connectivity index (χ0v) is 9.48. The van der Waals surface area contributed by atoms with Gasteiger partial charge in [-0.25, -0.2) is 4.39 Å². The van der Waals surface area contributed by atoms with Crippen molar-refractivity contribution in [3.63, 3.8) is 0 Å². The molecule has 0 aliphatic carbocycles. The topological polar surface area (TPSA) is 48.0 Å². The van der Waals surface area contributed by atoms with E-state index in [2.05, 4.69) is 0 Å². The van der Waals surface area contributed by atoms with E-state index in [-0.39, 0.29) is 11.4 Å². The predicted octanol–water partition coefficient (Wildman–Crippen LogP) is 1.93. The molecule has 1 aromatic heterocycles. The van der Waals surface area contributed by atoms with Gasteiger partial charge in [-0.15, -0.1) is 0 Å². The second-order valence-corrected chi connectivity index (χ2v) is 4.00. The van der Waals surface area contributed by atoms with Crippen LogP contribution in [0.5, 0.6) is 0 Å². The number of nitrogens with zero attached hydrogens (tertiary/aromatic N) is 1. The van der Waals surface area contributed by atoms with Crippen LogP contribution in [-0.4, -0.2) is 4.57 Å². The maximum Gasteiger partial charge on any atom is 0.250 e. The van der Waals surface area contributed by atoms with E-state index in [1.807, 2.05) is 6.92 Å². The van der Waals surface area contributed by atoms with Gasteiger partial charge in [-0.05, 0) is 36.2 Å². The number of aromatic nitrogens is 1. The average molecular weight is 232 g/mol. The fraction of sp³-hybridized carbons (Fsp3) is 0.154. The van der Waals surface area contributed by atoms with Crippen LogP contribution in [0.1, 0.15) is 11.1 Å². The Hall–Kier alpha value is -2.10. The number of halogens is 1. The Kier molecular flexibility index (Phi) is 2.95. The molecule has 0 saturated heterocycles. The van der Waals surface area contributed by atoms with Gasteiger partial charge in [0.2, 0.25) is 0 Å². The summed E-state index contributed by atoms with van der Waals surface area (Å²) in [6.45, 7) is 2.21. The van der Waals surface area contributed by atoms with Crippen molar-refractivity contribution in [1.82, 2.24) is 4.57 Å². The minimum atomic E-state index is -0.272. The molecule has 0 atom stereocenters. The smallest absolute Gasteiger partial charge is 0.250 e. The van der Waals surface area contributed by atoms with Crippen molar-refractivity contribution >= 4 is 5.69 Å². The van der Waals surface area contributed by atoms with Crippen LogP contribution in [-0.2, 0) is 6.54 Å². The highest BCUT2D eigenvalue weighted by Crippen LogP contribution is 2.11. The summed E-state index contributed by atoms with van der Waals surface area (Å²) in [5.41, 5.74) is 7.75. The Morgan fingerprint density at radius 3 is 2.76 bits per heavy atom. The molecule has 0 aliphatic heterocycles. The number of hydrogen-bond acceptors (Lipinski definition) is 2. The summed E-state index contributed by atoms with van der Waals surface area (Å²) < 4.78 is 14.5. The zero-order valence-electron chi connectivity index (χ0n) is 9.48. The molecule has 0 radical (unpaired) electrons. The van der Waals surface area contributed by atoms with Crippen molar-refractivity contribution in [2.75, 3.05) is 5.73 Å². The molecule has 2 N–H and O–H groups in total.